The van der Waals surface area contributed by atoms with Crippen LogP contribution in [0.2, 0.25) is 0 Å². The van der Waals surface area contributed by atoms with E-state index in [0.717, 1.165) is 43.0 Å². The summed E-state index contributed by atoms with van der Waals surface area (Å²) in [4.78, 5) is 14.6. The van der Waals surface area contributed by atoms with Gasteiger partial charge in [0, 0.05) is 19.6 Å². The summed E-state index contributed by atoms with van der Waals surface area (Å²) in [6, 6.07) is 5.78. The van der Waals surface area contributed by atoms with Crippen molar-refractivity contribution in [1.29, 1.82) is 0 Å². The summed E-state index contributed by atoms with van der Waals surface area (Å²) in [5, 5.41) is 6.07. The van der Waals surface area contributed by atoms with Crippen molar-refractivity contribution in [1.82, 2.24) is 15.5 Å². The molecule has 2 N–H and O–H groups in total. The predicted molar refractivity (Wildman–Crippen MR) is 92.1 cm³/mol. The van der Waals surface area contributed by atoms with Gasteiger partial charge in [0.15, 0.2) is 11.5 Å². The number of ether oxygens (including phenoxy) is 3. The van der Waals surface area contributed by atoms with Crippen LogP contribution in [0.15, 0.2) is 18.2 Å². The SMILES string of the molecule is CN1CCOC(CNC(=O)NC2(c3ccc4c(c3)OCCO4)CC2)C1. The van der Waals surface area contributed by atoms with Gasteiger partial charge in [-0.25, -0.2) is 4.79 Å². The van der Waals surface area contributed by atoms with E-state index >= 15 is 0 Å². The van der Waals surface area contributed by atoms with Crippen LogP contribution in [0, 0.1) is 0 Å². The number of hydrogen-bond acceptors (Lipinski definition) is 5. The van der Waals surface area contributed by atoms with Crippen LogP contribution >= 0.6 is 0 Å². The molecule has 3 aliphatic rings. The molecule has 0 aromatic heterocycles. The van der Waals surface area contributed by atoms with E-state index in [1.165, 1.54) is 0 Å². The number of fused-ring (bicyclic) bond motifs is 1. The second kappa shape index (κ2) is 6.72. The van der Waals surface area contributed by atoms with Crippen LogP contribution in [-0.2, 0) is 10.3 Å². The highest BCUT2D eigenvalue weighted by atomic mass is 16.6. The summed E-state index contributed by atoms with van der Waals surface area (Å²) < 4.78 is 16.9. The monoisotopic (exact) mass is 347 g/mol. The molecular formula is C18H25N3O4. The molecule has 1 unspecified atom stereocenters. The zero-order valence-corrected chi connectivity index (χ0v) is 14.5. The second-order valence-electron chi connectivity index (χ2n) is 7.03. The molecule has 1 saturated carbocycles. The highest BCUT2D eigenvalue weighted by molar-refractivity contribution is 5.75. The van der Waals surface area contributed by atoms with Gasteiger partial charge < -0.3 is 29.7 Å². The first-order valence-electron chi connectivity index (χ1n) is 8.91. The highest BCUT2D eigenvalue weighted by Gasteiger charge is 2.46. The first-order chi connectivity index (χ1) is 12.1. The predicted octanol–water partition coefficient (Wildman–Crippen LogP) is 1.08. The lowest BCUT2D eigenvalue weighted by Crippen LogP contribution is -2.49. The van der Waals surface area contributed by atoms with Gasteiger partial charge in [0.05, 0.1) is 18.2 Å². The van der Waals surface area contributed by atoms with E-state index in [-0.39, 0.29) is 17.7 Å². The van der Waals surface area contributed by atoms with Gasteiger partial charge in [0.2, 0.25) is 0 Å². The van der Waals surface area contributed by atoms with Crippen molar-refractivity contribution < 1.29 is 19.0 Å². The van der Waals surface area contributed by atoms with Gasteiger partial charge >= 0.3 is 6.03 Å². The first kappa shape index (κ1) is 16.5. The third-order valence-corrected chi connectivity index (χ3v) is 5.03. The molecule has 1 aliphatic carbocycles. The zero-order valence-electron chi connectivity index (χ0n) is 14.5. The number of morpholine rings is 1. The molecule has 1 aromatic rings. The van der Waals surface area contributed by atoms with E-state index in [0.29, 0.717) is 26.4 Å². The molecule has 25 heavy (non-hydrogen) atoms. The molecule has 2 aliphatic heterocycles. The summed E-state index contributed by atoms with van der Waals surface area (Å²) >= 11 is 0. The molecule has 1 atom stereocenters. The molecule has 2 amide bonds. The summed E-state index contributed by atoms with van der Waals surface area (Å²) in [6.45, 7) is 4.16. The fraction of sp³-hybridized carbons (Fsp3) is 0.611. The van der Waals surface area contributed by atoms with Gasteiger partial charge in [0.25, 0.3) is 0 Å². The van der Waals surface area contributed by atoms with E-state index in [2.05, 4.69) is 22.6 Å². The Labute approximate surface area is 147 Å². The summed E-state index contributed by atoms with van der Waals surface area (Å²) in [5.74, 6) is 1.53. The minimum absolute atomic E-state index is 0.0500. The average Bonchev–Trinajstić information content (AvgIpc) is 3.40. The molecule has 2 heterocycles. The van der Waals surface area contributed by atoms with Gasteiger partial charge in [-0.05, 0) is 37.6 Å². The number of carbonyl (C=O) groups is 1. The lowest BCUT2D eigenvalue weighted by Gasteiger charge is -2.30. The lowest BCUT2D eigenvalue weighted by atomic mass is 10.0. The van der Waals surface area contributed by atoms with E-state index in [9.17, 15) is 4.79 Å². The van der Waals surface area contributed by atoms with Crippen LogP contribution in [0.25, 0.3) is 0 Å². The zero-order chi connectivity index (χ0) is 17.3. The summed E-state index contributed by atoms with van der Waals surface area (Å²) in [6.07, 6.45) is 1.92. The van der Waals surface area contributed by atoms with Gasteiger partial charge in [0.1, 0.15) is 13.2 Å². The van der Waals surface area contributed by atoms with Gasteiger partial charge in [-0.2, -0.15) is 0 Å². The van der Waals surface area contributed by atoms with Crippen molar-refractivity contribution in [3.8, 4) is 11.5 Å². The van der Waals surface area contributed by atoms with Crippen molar-refractivity contribution in [3.05, 3.63) is 23.8 Å². The minimum Gasteiger partial charge on any atom is -0.486 e. The second-order valence-corrected chi connectivity index (χ2v) is 7.03. The molecule has 7 nitrogen and oxygen atoms in total. The molecule has 7 heteroatoms. The average molecular weight is 347 g/mol. The maximum Gasteiger partial charge on any atom is 0.315 e. The normalized spacial score (nSPS) is 24.4. The van der Waals surface area contributed by atoms with Gasteiger partial charge in [-0.1, -0.05) is 6.07 Å². The molecule has 1 saturated heterocycles. The molecule has 0 spiro atoms. The standard InChI is InChI=1S/C18H25N3O4/c1-21-6-7-23-14(12-21)11-19-17(22)20-18(4-5-18)13-2-3-15-16(10-13)25-9-8-24-15/h2-3,10,14H,4-9,11-12H2,1H3,(H2,19,20,22). The van der Waals surface area contributed by atoms with Crippen molar-refractivity contribution in [3.63, 3.8) is 0 Å². The maximum atomic E-state index is 12.3. The van der Waals surface area contributed by atoms with Crippen molar-refractivity contribution >= 4 is 6.03 Å². The van der Waals surface area contributed by atoms with Crippen LogP contribution in [0.1, 0.15) is 18.4 Å². The Morgan fingerprint density at radius 2 is 2.04 bits per heavy atom. The number of amides is 2. The van der Waals surface area contributed by atoms with Gasteiger partial charge in [-0.3, -0.25) is 0 Å². The van der Waals surface area contributed by atoms with E-state index in [4.69, 9.17) is 14.2 Å². The molecule has 1 aromatic carbocycles. The molecule has 136 valence electrons. The molecule has 2 fully saturated rings. The van der Waals surface area contributed by atoms with Crippen LogP contribution < -0.4 is 20.1 Å². The Bertz CT molecular complexity index is 647. The minimum atomic E-state index is -0.288. The Kier molecular flexibility index (Phi) is 4.43. The molecule has 4 rings (SSSR count). The van der Waals surface area contributed by atoms with Crippen LogP contribution in [0.5, 0.6) is 11.5 Å². The van der Waals surface area contributed by atoms with E-state index in [1.807, 2.05) is 18.2 Å². The molecular weight excluding hydrogens is 322 g/mol. The number of hydrogen-bond donors (Lipinski definition) is 2. The number of nitrogens with one attached hydrogen (secondary N) is 2. The largest absolute Gasteiger partial charge is 0.486 e. The fourth-order valence-corrected chi connectivity index (χ4v) is 3.41. The van der Waals surface area contributed by atoms with Crippen LogP contribution in [0.3, 0.4) is 0 Å². The number of nitrogens with zero attached hydrogens (tertiary/aromatic N) is 1. The van der Waals surface area contributed by atoms with Crippen molar-refractivity contribution in [2.24, 2.45) is 0 Å². The maximum absolute atomic E-state index is 12.3. The fourth-order valence-electron chi connectivity index (χ4n) is 3.41. The smallest absolute Gasteiger partial charge is 0.315 e. The van der Waals surface area contributed by atoms with Crippen molar-refractivity contribution in [2.75, 3.05) is 46.5 Å². The number of likely N-dealkylation sites (N-methyl/N-ethyl adjacent to an activating group) is 1. The molecule has 0 bridgehead atoms. The number of rotatable bonds is 4. The highest BCUT2D eigenvalue weighted by Crippen LogP contribution is 2.47. The number of carbonyl (C=O) groups excluding carboxylic acids is 1. The summed E-state index contributed by atoms with van der Waals surface area (Å²) in [7, 11) is 2.07. The van der Waals surface area contributed by atoms with Gasteiger partial charge in [-0.15, -0.1) is 0 Å². The first-order valence-corrected chi connectivity index (χ1v) is 8.91. The third-order valence-electron chi connectivity index (χ3n) is 5.03. The van der Waals surface area contributed by atoms with E-state index in [1.54, 1.807) is 0 Å². The summed E-state index contributed by atoms with van der Waals surface area (Å²) in [5.41, 5.74) is 0.782. The Hall–Kier alpha value is -1.99. The van der Waals surface area contributed by atoms with Crippen molar-refractivity contribution in [2.45, 2.75) is 24.5 Å². The molecule has 0 radical (unpaired) electrons. The Morgan fingerprint density at radius 1 is 1.24 bits per heavy atom. The Morgan fingerprint density at radius 3 is 2.80 bits per heavy atom. The van der Waals surface area contributed by atoms with E-state index < -0.39 is 0 Å². The quantitative estimate of drug-likeness (QED) is 0.853. The number of urea groups is 1. The van der Waals surface area contributed by atoms with Crippen LogP contribution in [0.4, 0.5) is 4.79 Å². The lowest BCUT2D eigenvalue weighted by molar-refractivity contribution is -0.0168. The third kappa shape index (κ3) is 3.67. The number of benzene rings is 1. The van der Waals surface area contributed by atoms with Crippen LogP contribution in [-0.4, -0.2) is 63.5 Å². The topological polar surface area (TPSA) is 72.1 Å². The Balaban J connectivity index is 1.34.